The van der Waals surface area contributed by atoms with Crippen LogP contribution in [0.3, 0.4) is 0 Å². The average Bonchev–Trinajstić information content (AvgIpc) is 2.36. The van der Waals surface area contributed by atoms with Gasteiger partial charge >= 0.3 is 12.1 Å². The van der Waals surface area contributed by atoms with Crippen molar-refractivity contribution in [3.05, 3.63) is 11.6 Å². The van der Waals surface area contributed by atoms with Crippen LogP contribution in [0, 0.1) is 0 Å². The van der Waals surface area contributed by atoms with E-state index in [1.165, 1.54) is 0 Å². The van der Waals surface area contributed by atoms with Crippen LogP contribution in [0.4, 0.5) is 4.79 Å². The number of nitrogens with zero attached hydrogens (tertiary/aromatic N) is 1. The van der Waals surface area contributed by atoms with Crippen LogP contribution in [0.5, 0.6) is 0 Å². The Hall–Kier alpha value is -1.56. The first kappa shape index (κ1) is 15.8. The molecule has 0 aromatic rings. The number of nitrogens with one attached hydrogen (secondary N) is 1. The van der Waals surface area contributed by atoms with Gasteiger partial charge in [0.1, 0.15) is 5.60 Å². The van der Waals surface area contributed by atoms with Gasteiger partial charge in [0.05, 0.1) is 18.2 Å². The maximum absolute atomic E-state index is 12.2. The molecule has 6 nitrogen and oxygen atoms in total. The van der Waals surface area contributed by atoms with E-state index in [0.29, 0.717) is 31.7 Å². The van der Waals surface area contributed by atoms with Crippen molar-refractivity contribution in [2.45, 2.75) is 51.8 Å². The number of esters is 1. The van der Waals surface area contributed by atoms with Crippen molar-refractivity contribution in [3.8, 4) is 0 Å². The molecular formula is C15H24N2O4. The first-order valence-electron chi connectivity index (χ1n) is 7.41. The Morgan fingerprint density at radius 2 is 2.10 bits per heavy atom. The van der Waals surface area contributed by atoms with Gasteiger partial charge < -0.3 is 19.7 Å². The van der Waals surface area contributed by atoms with Gasteiger partial charge in [0.15, 0.2) is 0 Å². The number of piperazine rings is 1. The predicted molar refractivity (Wildman–Crippen MR) is 77.9 cm³/mol. The van der Waals surface area contributed by atoms with Crippen molar-refractivity contribution in [1.29, 1.82) is 0 Å². The number of hydrogen-bond donors (Lipinski definition) is 1. The third kappa shape index (κ3) is 3.97. The van der Waals surface area contributed by atoms with Crippen molar-refractivity contribution in [2.75, 3.05) is 19.7 Å². The molecule has 1 amide bonds. The standard InChI is InChI=1S/C15H24N2O4/c1-5-20-13(18)11-7-6-10-8-17(9-12(11)16-10)14(19)21-15(2,3)4/h7,10,12,16H,5-6,8-9H2,1-4H3. The third-order valence-corrected chi connectivity index (χ3v) is 3.44. The van der Waals surface area contributed by atoms with Crippen LogP contribution in [0.2, 0.25) is 0 Å². The van der Waals surface area contributed by atoms with Gasteiger partial charge in [0.2, 0.25) is 0 Å². The molecule has 2 rings (SSSR count). The molecular weight excluding hydrogens is 272 g/mol. The minimum atomic E-state index is -0.517. The molecule has 2 bridgehead atoms. The lowest BCUT2D eigenvalue weighted by Gasteiger charge is -2.42. The number of rotatable bonds is 2. The Bertz CT molecular complexity index is 453. The van der Waals surface area contributed by atoms with Gasteiger partial charge in [-0.25, -0.2) is 9.59 Å². The monoisotopic (exact) mass is 296 g/mol. The average molecular weight is 296 g/mol. The summed E-state index contributed by atoms with van der Waals surface area (Å²) >= 11 is 0. The largest absolute Gasteiger partial charge is 0.463 e. The van der Waals surface area contributed by atoms with Crippen molar-refractivity contribution >= 4 is 12.1 Å². The Kier molecular flexibility index (Phi) is 4.56. The van der Waals surface area contributed by atoms with E-state index in [0.717, 1.165) is 0 Å². The minimum Gasteiger partial charge on any atom is -0.463 e. The number of ether oxygens (including phenoxy) is 2. The summed E-state index contributed by atoms with van der Waals surface area (Å²) in [5.74, 6) is -0.306. The quantitative estimate of drug-likeness (QED) is 0.781. The molecule has 1 fully saturated rings. The summed E-state index contributed by atoms with van der Waals surface area (Å²) in [5.41, 5.74) is 0.0954. The lowest BCUT2D eigenvalue weighted by molar-refractivity contribution is -0.139. The van der Waals surface area contributed by atoms with Crippen LogP contribution >= 0.6 is 0 Å². The fourth-order valence-electron chi connectivity index (χ4n) is 2.61. The number of fused-ring (bicyclic) bond motifs is 2. The maximum Gasteiger partial charge on any atom is 0.410 e. The Labute approximate surface area is 125 Å². The first-order valence-corrected chi connectivity index (χ1v) is 7.41. The zero-order valence-corrected chi connectivity index (χ0v) is 13.1. The normalized spacial score (nSPS) is 25.1. The van der Waals surface area contributed by atoms with Crippen molar-refractivity contribution in [2.24, 2.45) is 0 Å². The van der Waals surface area contributed by atoms with Crippen LogP contribution < -0.4 is 5.32 Å². The zero-order chi connectivity index (χ0) is 15.6. The van der Waals surface area contributed by atoms with Crippen LogP contribution in [-0.4, -0.2) is 54.3 Å². The molecule has 2 unspecified atom stereocenters. The molecule has 2 heterocycles. The van der Waals surface area contributed by atoms with Gasteiger partial charge in [0, 0.05) is 19.1 Å². The fourth-order valence-corrected chi connectivity index (χ4v) is 2.61. The lowest BCUT2D eigenvalue weighted by Crippen LogP contribution is -2.61. The fraction of sp³-hybridized carbons (Fsp3) is 0.733. The highest BCUT2D eigenvalue weighted by Crippen LogP contribution is 2.22. The molecule has 1 saturated heterocycles. The van der Waals surface area contributed by atoms with E-state index in [1.807, 2.05) is 26.8 Å². The molecule has 0 aliphatic carbocycles. The van der Waals surface area contributed by atoms with Crippen molar-refractivity contribution < 1.29 is 19.1 Å². The summed E-state index contributed by atoms with van der Waals surface area (Å²) < 4.78 is 10.5. The molecule has 0 radical (unpaired) electrons. The number of hydrogen-bond acceptors (Lipinski definition) is 5. The topological polar surface area (TPSA) is 67.9 Å². The molecule has 0 saturated carbocycles. The smallest absolute Gasteiger partial charge is 0.410 e. The summed E-state index contributed by atoms with van der Waals surface area (Å²) in [4.78, 5) is 25.8. The summed E-state index contributed by atoms with van der Waals surface area (Å²) in [6.07, 6.45) is 2.31. The molecule has 0 aromatic carbocycles. The van der Waals surface area contributed by atoms with E-state index in [-0.39, 0.29) is 24.1 Å². The van der Waals surface area contributed by atoms with E-state index < -0.39 is 5.60 Å². The Balaban J connectivity index is 2.05. The maximum atomic E-state index is 12.2. The molecule has 118 valence electrons. The molecule has 6 heteroatoms. The van der Waals surface area contributed by atoms with Gasteiger partial charge in [-0.05, 0) is 34.1 Å². The molecule has 1 N–H and O–H groups in total. The summed E-state index contributed by atoms with van der Waals surface area (Å²) in [6.45, 7) is 8.69. The van der Waals surface area contributed by atoms with Gasteiger partial charge in [-0.3, -0.25) is 0 Å². The van der Waals surface area contributed by atoms with E-state index in [4.69, 9.17) is 9.47 Å². The second-order valence-corrected chi connectivity index (χ2v) is 6.42. The second kappa shape index (κ2) is 6.05. The van der Waals surface area contributed by atoms with E-state index in [2.05, 4.69) is 5.32 Å². The van der Waals surface area contributed by atoms with E-state index >= 15 is 0 Å². The van der Waals surface area contributed by atoms with Crippen LogP contribution in [-0.2, 0) is 14.3 Å². The van der Waals surface area contributed by atoms with E-state index in [1.54, 1.807) is 11.8 Å². The predicted octanol–water partition coefficient (Wildman–Crippen LogP) is 1.46. The molecule has 21 heavy (non-hydrogen) atoms. The summed E-state index contributed by atoms with van der Waals surface area (Å²) in [7, 11) is 0. The first-order chi connectivity index (χ1) is 9.80. The van der Waals surface area contributed by atoms with Crippen LogP contribution in [0.1, 0.15) is 34.1 Å². The lowest BCUT2D eigenvalue weighted by atomic mass is 9.93. The van der Waals surface area contributed by atoms with E-state index in [9.17, 15) is 9.59 Å². The Morgan fingerprint density at radius 1 is 1.38 bits per heavy atom. The van der Waals surface area contributed by atoms with Gasteiger partial charge in [-0.1, -0.05) is 6.08 Å². The number of amides is 1. The van der Waals surface area contributed by atoms with Gasteiger partial charge in [0.25, 0.3) is 0 Å². The molecule has 0 aromatic heterocycles. The Morgan fingerprint density at radius 3 is 2.71 bits per heavy atom. The van der Waals surface area contributed by atoms with Gasteiger partial charge in [-0.15, -0.1) is 0 Å². The highest BCUT2D eigenvalue weighted by molar-refractivity contribution is 5.90. The highest BCUT2D eigenvalue weighted by atomic mass is 16.6. The van der Waals surface area contributed by atoms with Crippen molar-refractivity contribution in [3.63, 3.8) is 0 Å². The molecule has 2 atom stereocenters. The highest BCUT2D eigenvalue weighted by Gasteiger charge is 2.37. The summed E-state index contributed by atoms with van der Waals surface area (Å²) in [6, 6.07) is -0.0153. The number of carbonyl (C=O) groups is 2. The SMILES string of the molecule is CCOC(=O)C1=CCC2CN(C(=O)OC(C)(C)C)CC1N2. The summed E-state index contributed by atoms with van der Waals surface area (Å²) in [5, 5.41) is 3.37. The third-order valence-electron chi connectivity index (χ3n) is 3.44. The van der Waals surface area contributed by atoms with Crippen LogP contribution in [0.25, 0.3) is 0 Å². The molecule has 2 aliphatic rings. The van der Waals surface area contributed by atoms with Crippen LogP contribution in [0.15, 0.2) is 11.6 Å². The second-order valence-electron chi connectivity index (χ2n) is 6.42. The zero-order valence-electron chi connectivity index (χ0n) is 13.1. The van der Waals surface area contributed by atoms with Gasteiger partial charge in [-0.2, -0.15) is 0 Å². The minimum absolute atomic E-state index is 0.162. The van der Waals surface area contributed by atoms with Crippen molar-refractivity contribution in [1.82, 2.24) is 10.2 Å². The molecule has 0 spiro atoms. The number of carbonyl (C=O) groups excluding carboxylic acids is 2. The molecule has 2 aliphatic heterocycles.